The molecule has 2 N–H and O–H groups in total. The molecule has 0 bridgehead atoms. The molecule has 0 saturated carbocycles. The zero-order chi connectivity index (χ0) is 14.5. The summed E-state index contributed by atoms with van der Waals surface area (Å²) in [5, 5.41) is 0.973. The van der Waals surface area contributed by atoms with Gasteiger partial charge < -0.3 is 10.5 Å². The fraction of sp³-hybridized carbons (Fsp3) is 0.267. The zero-order valence-electron chi connectivity index (χ0n) is 11.5. The van der Waals surface area contributed by atoms with Crippen molar-refractivity contribution in [2.75, 3.05) is 7.11 Å². The molecule has 0 amide bonds. The lowest BCUT2D eigenvalue weighted by Crippen LogP contribution is -2.05. The average molecular weight is 353 g/mol. The predicted molar refractivity (Wildman–Crippen MR) is 87.1 cm³/mol. The molecule has 0 saturated heterocycles. The quantitative estimate of drug-likeness (QED) is 0.820. The summed E-state index contributed by atoms with van der Waals surface area (Å²) in [6, 6.07) is 10.0. The summed E-state index contributed by atoms with van der Waals surface area (Å²) >= 11 is 5.18. The third kappa shape index (κ3) is 3.75. The molecule has 2 aromatic rings. The van der Waals surface area contributed by atoms with E-state index in [0.29, 0.717) is 0 Å². The largest absolute Gasteiger partial charge is 0.496 e. The third-order valence-corrected chi connectivity index (χ3v) is 4.88. The monoisotopic (exact) mass is 352 g/mol. The van der Waals surface area contributed by atoms with Gasteiger partial charge in [0.2, 0.25) is 0 Å². The Balaban J connectivity index is 2.19. The Labute approximate surface area is 132 Å². The number of ether oxygens (including phenoxy) is 1. The minimum atomic E-state index is 0.0197. The Kier molecular flexibility index (Phi) is 5.46. The second kappa shape index (κ2) is 7.11. The highest BCUT2D eigenvalue weighted by molar-refractivity contribution is 9.10. The minimum absolute atomic E-state index is 0.0197. The predicted octanol–water partition coefficient (Wildman–Crippen LogP) is 4.16. The van der Waals surface area contributed by atoms with Gasteiger partial charge in [0.15, 0.2) is 0 Å². The highest BCUT2D eigenvalue weighted by Crippen LogP contribution is 2.32. The second-order valence-corrected chi connectivity index (χ2v) is 6.26. The lowest BCUT2D eigenvalue weighted by atomic mass is 10.1. The first-order chi connectivity index (χ1) is 9.61. The van der Waals surface area contributed by atoms with Crippen LogP contribution in [0.3, 0.4) is 0 Å². The molecule has 0 aliphatic heterocycles. The molecular formula is C15H17BrN2OS. The number of halogens is 1. The van der Waals surface area contributed by atoms with Crippen LogP contribution in [0.1, 0.15) is 24.1 Å². The van der Waals surface area contributed by atoms with Gasteiger partial charge in [-0.25, -0.2) is 4.98 Å². The summed E-state index contributed by atoms with van der Waals surface area (Å²) in [5.74, 6) is 1.67. The van der Waals surface area contributed by atoms with Gasteiger partial charge >= 0.3 is 0 Å². The van der Waals surface area contributed by atoms with Crippen molar-refractivity contribution in [3.63, 3.8) is 0 Å². The van der Waals surface area contributed by atoms with Crippen molar-refractivity contribution < 1.29 is 4.74 Å². The Hall–Kier alpha value is -1.04. The van der Waals surface area contributed by atoms with Gasteiger partial charge in [-0.2, -0.15) is 0 Å². The molecule has 20 heavy (non-hydrogen) atoms. The number of benzene rings is 1. The molecule has 0 aliphatic rings. The normalized spacial score (nSPS) is 12.2. The van der Waals surface area contributed by atoms with Gasteiger partial charge in [-0.05, 0) is 52.7 Å². The topological polar surface area (TPSA) is 48.1 Å². The molecule has 1 unspecified atom stereocenters. The zero-order valence-corrected chi connectivity index (χ0v) is 13.9. The SMILES string of the molecule is COc1ccc(C(C)N)cc1CSc1ncccc1Br. The number of hydrogen-bond donors (Lipinski definition) is 1. The van der Waals surface area contributed by atoms with Crippen LogP contribution in [0.25, 0.3) is 0 Å². The Bertz CT molecular complexity index is 590. The Morgan fingerprint density at radius 1 is 1.40 bits per heavy atom. The van der Waals surface area contributed by atoms with Gasteiger partial charge in [0.1, 0.15) is 10.8 Å². The fourth-order valence-corrected chi connectivity index (χ4v) is 3.28. The molecule has 1 aromatic carbocycles. The Morgan fingerprint density at radius 3 is 2.85 bits per heavy atom. The first-order valence-corrected chi connectivity index (χ1v) is 8.05. The summed E-state index contributed by atoms with van der Waals surface area (Å²) in [6.07, 6.45) is 1.79. The average Bonchev–Trinajstić information content (AvgIpc) is 2.46. The number of rotatable bonds is 5. The van der Waals surface area contributed by atoms with E-state index >= 15 is 0 Å². The summed E-state index contributed by atoms with van der Waals surface area (Å²) in [7, 11) is 1.69. The standard InChI is InChI=1S/C15H17BrN2OS/c1-10(17)11-5-6-14(19-2)12(8-11)9-20-15-13(16)4-3-7-18-15/h3-8,10H,9,17H2,1-2H3. The van der Waals surface area contributed by atoms with Crippen LogP contribution in [0.5, 0.6) is 5.75 Å². The number of nitrogens with two attached hydrogens (primary N) is 1. The van der Waals surface area contributed by atoms with E-state index in [1.807, 2.05) is 31.2 Å². The smallest absolute Gasteiger partial charge is 0.122 e. The Morgan fingerprint density at radius 2 is 2.20 bits per heavy atom. The summed E-state index contributed by atoms with van der Waals surface area (Å²) in [6.45, 7) is 1.98. The number of nitrogens with zero attached hydrogens (tertiary/aromatic N) is 1. The molecule has 0 aliphatic carbocycles. The molecule has 0 spiro atoms. The molecule has 2 rings (SSSR count). The van der Waals surface area contributed by atoms with Crippen LogP contribution in [0.15, 0.2) is 46.0 Å². The molecular weight excluding hydrogens is 336 g/mol. The van der Waals surface area contributed by atoms with Crippen LogP contribution in [0.2, 0.25) is 0 Å². The van der Waals surface area contributed by atoms with E-state index in [2.05, 4.69) is 27.0 Å². The highest BCUT2D eigenvalue weighted by Gasteiger charge is 2.09. The van der Waals surface area contributed by atoms with Crippen molar-refractivity contribution in [2.45, 2.75) is 23.7 Å². The molecule has 0 radical (unpaired) electrons. The van der Waals surface area contributed by atoms with Crippen LogP contribution in [-0.2, 0) is 5.75 Å². The molecule has 106 valence electrons. The molecule has 3 nitrogen and oxygen atoms in total. The fourth-order valence-electron chi connectivity index (χ4n) is 1.82. The van der Waals surface area contributed by atoms with Crippen molar-refractivity contribution in [1.82, 2.24) is 4.98 Å². The van der Waals surface area contributed by atoms with Crippen LogP contribution < -0.4 is 10.5 Å². The molecule has 1 heterocycles. The van der Waals surface area contributed by atoms with Crippen LogP contribution in [0.4, 0.5) is 0 Å². The van der Waals surface area contributed by atoms with Crippen LogP contribution in [0, 0.1) is 0 Å². The van der Waals surface area contributed by atoms with E-state index in [0.717, 1.165) is 32.1 Å². The van der Waals surface area contributed by atoms with Crippen LogP contribution >= 0.6 is 27.7 Å². The summed E-state index contributed by atoms with van der Waals surface area (Å²) in [5.41, 5.74) is 8.18. The van der Waals surface area contributed by atoms with Gasteiger partial charge in [-0.3, -0.25) is 0 Å². The van der Waals surface area contributed by atoms with Crippen molar-refractivity contribution >= 4 is 27.7 Å². The number of hydrogen-bond acceptors (Lipinski definition) is 4. The molecule has 1 aromatic heterocycles. The van der Waals surface area contributed by atoms with Crippen molar-refractivity contribution in [2.24, 2.45) is 5.73 Å². The lowest BCUT2D eigenvalue weighted by Gasteiger charge is -2.12. The second-order valence-electron chi connectivity index (χ2n) is 4.44. The first kappa shape index (κ1) is 15.4. The van der Waals surface area contributed by atoms with Crippen LogP contribution in [-0.4, -0.2) is 12.1 Å². The van der Waals surface area contributed by atoms with E-state index in [1.165, 1.54) is 0 Å². The molecule has 0 fully saturated rings. The van der Waals surface area contributed by atoms with E-state index in [1.54, 1.807) is 25.1 Å². The summed E-state index contributed by atoms with van der Waals surface area (Å²) in [4.78, 5) is 4.36. The van der Waals surface area contributed by atoms with Crippen molar-refractivity contribution in [1.29, 1.82) is 0 Å². The summed E-state index contributed by atoms with van der Waals surface area (Å²) < 4.78 is 6.42. The van der Waals surface area contributed by atoms with Gasteiger partial charge in [0.05, 0.1) is 7.11 Å². The van der Waals surface area contributed by atoms with E-state index in [-0.39, 0.29) is 6.04 Å². The maximum absolute atomic E-state index is 5.94. The van der Waals surface area contributed by atoms with Gasteiger partial charge in [0.25, 0.3) is 0 Å². The van der Waals surface area contributed by atoms with Gasteiger partial charge in [0, 0.05) is 28.0 Å². The van der Waals surface area contributed by atoms with Crippen molar-refractivity contribution in [3.05, 3.63) is 52.1 Å². The molecule has 5 heteroatoms. The number of pyridine rings is 1. The molecule has 1 atom stereocenters. The number of thioether (sulfide) groups is 1. The van der Waals surface area contributed by atoms with E-state index < -0.39 is 0 Å². The lowest BCUT2D eigenvalue weighted by molar-refractivity contribution is 0.411. The van der Waals surface area contributed by atoms with E-state index in [9.17, 15) is 0 Å². The number of aromatic nitrogens is 1. The van der Waals surface area contributed by atoms with Crippen molar-refractivity contribution in [3.8, 4) is 5.75 Å². The van der Waals surface area contributed by atoms with Gasteiger partial charge in [-0.1, -0.05) is 6.07 Å². The first-order valence-electron chi connectivity index (χ1n) is 6.27. The maximum atomic E-state index is 5.94. The third-order valence-electron chi connectivity index (χ3n) is 2.92. The number of methoxy groups -OCH3 is 1. The van der Waals surface area contributed by atoms with Gasteiger partial charge in [-0.15, -0.1) is 11.8 Å². The minimum Gasteiger partial charge on any atom is -0.496 e. The van der Waals surface area contributed by atoms with E-state index in [4.69, 9.17) is 10.5 Å². The highest BCUT2D eigenvalue weighted by atomic mass is 79.9. The maximum Gasteiger partial charge on any atom is 0.122 e.